The van der Waals surface area contributed by atoms with Crippen LogP contribution in [-0.4, -0.2) is 70.2 Å². The monoisotopic (exact) mass is 381 g/mol. The van der Waals surface area contributed by atoms with Crippen molar-refractivity contribution in [2.75, 3.05) is 36.8 Å². The van der Waals surface area contributed by atoms with E-state index in [0.717, 1.165) is 43.7 Å². The van der Waals surface area contributed by atoms with Crippen LogP contribution in [0.4, 0.5) is 11.8 Å². The molecular weight excluding hydrogens is 350 g/mol. The maximum Gasteiger partial charge on any atom is 0.290 e. The highest BCUT2D eigenvalue weighted by molar-refractivity contribution is 5.43. The zero-order valence-corrected chi connectivity index (χ0v) is 16.3. The van der Waals surface area contributed by atoms with E-state index in [9.17, 15) is 0 Å². The molecular formula is C18H31N5O4. The Morgan fingerprint density at radius 3 is 2.15 bits per heavy atom. The van der Waals surface area contributed by atoms with E-state index in [1.54, 1.807) is 0 Å². The van der Waals surface area contributed by atoms with Gasteiger partial charge in [0.25, 0.3) is 12.9 Å². The van der Waals surface area contributed by atoms with Crippen LogP contribution in [0.1, 0.15) is 38.8 Å². The molecule has 1 aliphatic carbocycles. The van der Waals surface area contributed by atoms with Gasteiger partial charge in [-0.2, -0.15) is 4.98 Å². The van der Waals surface area contributed by atoms with E-state index in [0.29, 0.717) is 11.4 Å². The minimum Gasteiger partial charge on any atom is -0.483 e. The summed E-state index contributed by atoms with van der Waals surface area (Å²) in [5, 5.41) is 13.8. The molecule has 2 aliphatic rings. The van der Waals surface area contributed by atoms with Crippen molar-refractivity contribution in [1.29, 1.82) is 0 Å². The zero-order chi connectivity index (χ0) is 20.4. The number of hydrogen-bond acceptors (Lipinski definition) is 7. The molecule has 9 nitrogen and oxygen atoms in total. The first-order valence-electron chi connectivity index (χ1n) is 9.02. The molecule has 1 aromatic rings. The summed E-state index contributed by atoms with van der Waals surface area (Å²) in [5.74, 6) is 1.36. The summed E-state index contributed by atoms with van der Waals surface area (Å²) in [6.07, 6.45) is 4.05. The van der Waals surface area contributed by atoms with Crippen molar-refractivity contribution in [3.63, 3.8) is 0 Å². The number of aromatic nitrogens is 2. The SMILES string of the molecule is Cc1cc(N2CCN(C3CCC(C)(C)C3)CC2)nc(N)n1.O=CO.O=CO. The minimum atomic E-state index is -0.250. The van der Waals surface area contributed by atoms with Crippen LogP contribution in [0.2, 0.25) is 0 Å². The van der Waals surface area contributed by atoms with E-state index in [4.69, 9.17) is 25.5 Å². The summed E-state index contributed by atoms with van der Waals surface area (Å²) in [4.78, 5) is 30.3. The Bertz CT molecular complexity index is 577. The molecule has 0 spiro atoms. The Labute approximate surface area is 160 Å². The van der Waals surface area contributed by atoms with Crippen molar-refractivity contribution in [1.82, 2.24) is 14.9 Å². The van der Waals surface area contributed by atoms with Crippen LogP contribution in [0, 0.1) is 12.3 Å². The molecule has 2 heterocycles. The predicted molar refractivity (Wildman–Crippen MR) is 104 cm³/mol. The smallest absolute Gasteiger partial charge is 0.290 e. The lowest BCUT2D eigenvalue weighted by Gasteiger charge is -2.39. The van der Waals surface area contributed by atoms with E-state index in [1.165, 1.54) is 19.3 Å². The number of piperazine rings is 1. The van der Waals surface area contributed by atoms with E-state index in [-0.39, 0.29) is 12.9 Å². The molecule has 1 aliphatic heterocycles. The average molecular weight is 381 g/mol. The minimum absolute atomic E-state index is 0.250. The molecule has 1 saturated heterocycles. The topological polar surface area (TPSA) is 133 Å². The second-order valence-electron chi connectivity index (χ2n) is 7.52. The maximum absolute atomic E-state index is 8.36. The molecule has 152 valence electrons. The number of carbonyl (C=O) groups is 2. The van der Waals surface area contributed by atoms with Crippen LogP contribution in [0.15, 0.2) is 6.07 Å². The Kier molecular flexibility index (Phi) is 8.93. The van der Waals surface area contributed by atoms with Crippen LogP contribution in [0.5, 0.6) is 0 Å². The molecule has 0 aromatic carbocycles. The summed E-state index contributed by atoms with van der Waals surface area (Å²) in [5.41, 5.74) is 7.23. The van der Waals surface area contributed by atoms with E-state index < -0.39 is 0 Å². The fourth-order valence-corrected chi connectivity index (χ4v) is 3.76. The van der Waals surface area contributed by atoms with Gasteiger partial charge in [-0.25, -0.2) is 4.98 Å². The molecule has 1 unspecified atom stereocenters. The van der Waals surface area contributed by atoms with Gasteiger partial charge in [-0.15, -0.1) is 0 Å². The number of rotatable bonds is 2. The molecule has 0 amide bonds. The van der Waals surface area contributed by atoms with Gasteiger partial charge in [-0.3, -0.25) is 14.5 Å². The summed E-state index contributed by atoms with van der Waals surface area (Å²) >= 11 is 0. The predicted octanol–water partition coefficient (Wildman–Crippen LogP) is 1.47. The fraction of sp³-hybridized carbons (Fsp3) is 0.667. The lowest BCUT2D eigenvalue weighted by Crippen LogP contribution is -2.50. The van der Waals surface area contributed by atoms with Gasteiger partial charge in [-0.1, -0.05) is 13.8 Å². The number of nitrogens with zero attached hydrogens (tertiary/aromatic N) is 4. The lowest BCUT2D eigenvalue weighted by molar-refractivity contribution is -0.123. The second-order valence-corrected chi connectivity index (χ2v) is 7.52. The van der Waals surface area contributed by atoms with E-state index >= 15 is 0 Å². The molecule has 1 atom stereocenters. The molecule has 0 radical (unpaired) electrons. The number of carboxylic acid groups (broad SMARTS) is 2. The largest absolute Gasteiger partial charge is 0.483 e. The quantitative estimate of drug-likeness (QED) is 0.651. The highest BCUT2D eigenvalue weighted by atomic mass is 16.3. The summed E-state index contributed by atoms with van der Waals surface area (Å²) < 4.78 is 0. The fourth-order valence-electron chi connectivity index (χ4n) is 3.76. The van der Waals surface area contributed by atoms with Crippen LogP contribution in [0.25, 0.3) is 0 Å². The normalized spacial score (nSPS) is 21.3. The van der Waals surface area contributed by atoms with Crippen molar-refractivity contribution in [3.05, 3.63) is 11.8 Å². The first kappa shape index (κ1) is 22.6. The third-order valence-electron chi connectivity index (χ3n) is 4.96. The molecule has 0 bridgehead atoms. The summed E-state index contributed by atoms with van der Waals surface area (Å²) in [6.45, 7) is 10.6. The number of hydrogen-bond donors (Lipinski definition) is 3. The number of anilines is 2. The Hall–Kier alpha value is -2.42. The van der Waals surface area contributed by atoms with Crippen LogP contribution < -0.4 is 10.6 Å². The lowest BCUT2D eigenvalue weighted by atomic mass is 9.91. The maximum atomic E-state index is 8.36. The molecule has 3 rings (SSSR count). The van der Waals surface area contributed by atoms with Crippen LogP contribution in [0.3, 0.4) is 0 Å². The van der Waals surface area contributed by atoms with Gasteiger partial charge in [0.1, 0.15) is 5.82 Å². The van der Waals surface area contributed by atoms with E-state index in [1.807, 2.05) is 13.0 Å². The third-order valence-corrected chi connectivity index (χ3v) is 4.96. The molecule has 9 heteroatoms. The average Bonchev–Trinajstić information content (AvgIpc) is 2.96. The van der Waals surface area contributed by atoms with Crippen LogP contribution in [-0.2, 0) is 9.59 Å². The second kappa shape index (κ2) is 10.7. The Balaban J connectivity index is 0.000000540. The van der Waals surface area contributed by atoms with Crippen molar-refractivity contribution in [3.8, 4) is 0 Å². The first-order chi connectivity index (χ1) is 12.8. The number of nitrogens with two attached hydrogens (primary N) is 1. The van der Waals surface area contributed by atoms with Gasteiger partial charge >= 0.3 is 0 Å². The van der Waals surface area contributed by atoms with Gasteiger partial charge < -0.3 is 20.8 Å². The van der Waals surface area contributed by atoms with E-state index in [2.05, 4.69) is 33.6 Å². The first-order valence-corrected chi connectivity index (χ1v) is 9.02. The van der Waals surface area contributed by atoms with Gasteiger partial charge in [-0.05, 0) is 31.6 Å². The number of nitrogen functional groups attached to an aromatic ring is 1. The molecule has 1 aromatic heterocycles. The molecule has 27 heavy (non-hydrogen) atoms. The van der Waals surface area contributed by atoms with Crippen LogP contribution >= 0.6 is 0 Å². The molecule has 2 fully saturated rings. The van der Waals surface area contributed by atoms with Gasteiger partial charge in [0.2, 0.25) is 5.95 Å². The summed E-state index contributed by atoms with van der Waals surface area (Å²) in [6, 6.07) is 2.81. The van der Waals surface area contributed by atoms with Crippen molar-refractivity contribution in [2.24, 2.45) is 5.41 Å². The van der Waals surface area contributed by atoms with Crippen molar-refractivity contribution >= 4 is 24.7 Å². The summed E-state index contributed by atoms with van der Waals surface area (Å²) in [7, 11) is 0. The van der Waals surface area contributed by atoms with Gasteiger partial charge in [0, 0.05) is 44.0 Å². The van der Waals surface area contributed by atoms with Crippen molar-refractivity contribution < 1.29 is 19.8 Å². The Morgan fingerprint density at radius 2 is 1.70 bits per heavy atom. The highest BCUT2D eigenvalue weighted by Gasteiger charge is 2.35. The molecule has 4 N–H and O–H groups in total. The van der Waals surface area contributed by atoms with Gasteiger partial charge in [0.05, 0.1) is 0 Å². The van der Waals surface area contributed by atoms with Gasteiger partial charge in [0.15, 0.2) is 0 Å². The highest BCUT2D eigenvalue weighted by Crippen LogP contribution is 2.39. The Morgan fingerprint density at radius 1 is 1.15 bits per heavy atom. The third kappa shape index (κ3) is 7.38. The standard InChI is InChI=1S/C16H27N5.2CH2O2/c1-12-10-14(19-15(17)18-12)21-8-6-20(7-9-21)13-4-5-16(2,3)11-13;2*2-1-3/h10,13H,4-9,11H2,1-3H3,(H2,17,18,19);2*1H,(H,2,3). The molecule has 1 saturated carbocycles. The van der Waals surface area contributed by atoms with Crippen molar-refractivity contribution in [2.45, 2.75) is 46.1 Å². The number of aryl methyl sites for hydroxylation is 1. The zero-order valence-electron chi connectivity index (χ0n) is 16.3.